The van der Waals surface area contributed by atoms with Crippen LogP contribution in [-0.2, 0) is 12.8 Å². The van der Waals surface area contributed by atoms with E-state index in [1.54, 1.807) is 0 Å². The highest BCUT2D eigenvalue weighted by atomic mass is 32.1. The third-order valence-corrected chi connectivity index (χ3v) is 7.00. The van der Waals surface area contributed by atoms with Gasteiger partial charge in [0.15, 0.2) is 16.6 Å². The summed E-state index contributed by atoms with van der Waals surface area (Å²) < 4.78 is 11.2. The smallest absolute Gasteiger partial charge is 0.225 e. The molecule has 5 rings (SSSR count). The summed E-state index contributed by atoms with van der Waals surface area (Å²) in [6.07, 6.45) is 8.79. The molecular weight excluding hydrogens is 448 g/mol. The number of hydrogen-bond donors (Lipinski definition) is 3. The van der Waals surface area contributed by atoms with Crippen LogP contribution < -0.4 is 30.3 Å². The van der Waals surface area contributed by atoms with E-state index in [-0.39, 0.29) is 0 Å². The molecule has 1 aliphatic heterocycles. The second-order valence-electron chi connectivity index (χ2n) is 9.55. The topological polar surface area (TPSA) is 83.6 Å². The van der Waals surface area contributed by atoms with Gasteiger partial charge in [0.05, 0.1) is 5.69 Å². The Morgan fingerprint density at radius 1 is 0.971 bits per heavy atom. The van der Waals surface area contributed by atoms with Gasteiger partial charge in [0.1, 0.15) is 19.0 Å². The number of nitrogens with zero attached hydrogens (tertiary/aromatic N) is 3. The average molecular weight is 483 g/mol. The van der Waals surface area contributed by atoms with Gasteiger partial charge in [-0.3, -0.25) is 0 Å². The number of nitrogens with one attached hydrogen (secondary N) is 3. The van der Waals surface area contributed by atoms with Gasteiger partial charge in [-0.25, -0.2) is 4.98 Å². The Morgan fingerprint density at radius 3 is 2.50 bits per heavy atom. The molecule has 1 saturated carbocycles. The molecule has 2 aromatic rings. The van der Waals surface area contributed by atoms with Gasteiger partial charge in [0, 0.05) is 43.5 Å². The lowest BCUT2D eigenvalue weighted by Gasteiger charge is -2.31. The number of thiocarbonyl (C=S) groups is 1. The highest BCUT2D eigenvalue weighted by molar-refractivity contribution is 7.80. The zero-order chi connectivity index (χ0) is 23.5. The molecule has 0 spiro atoms. The highest BCUT2D eigenvalue weighted by Gasteiger charge is 2.24. The average Bonchev–Trinajstić information content (AvgIpc) is 2.84. The summed E-state index contributed by atoms with van der Waals surface area (Å²) >= 11 is 5.57. The maximum Gasteiger partial charge on any atom is 0.225 e. The van der Waals surface area contributed by atoms with Crippen molar-refractivity contribution in [3.63, 3.8) is 0 Å². The van der Waals surface area contributed by atoms with E-state index < -0.39 is 0 Å². The van der Waals surface area contributed by atoms with E-state index in [1.807, 2.05) is 18.2 Å². The summed E-state index contributed by atoms with van der Waals surface area (Å²) in [5, 5.41) is 11.0. The fourth-order valence-electron chi connectivity index (χ4n) is 5.05. The summed E-state index contributed by atoms with van der Waals surface area (Å²) in [6.45, 7) is 1.16. The molecule has 9 heteroatoms. The van der Waals surface area contributed by atoms with Crippen molar-refractivity contribution in [1.82, 2.24) is 15.3 Å². The molecule has 0 radical (unpaired) electrons. The molecule has 3 N–H and O–H groups in total. The van der Waals surface area contributed by atoms with Gasteiger partial charge in [-0.1, -0.05) is 0 Å². The van der Waals surface area contributed by atoms with Gasteiger partial charge in [0.25, 0.3) is 0 Å². The number of anilines is 3. The number of benzene rings is 1. The van der Waals surface area contributed by atoms with E-state index in [0.29, 0.717) is 30.4 Å². The lowest BCUT2D eigenvalue weighted by atomic mass is 9.91. The van der Waals surface area contributed by atoms with Gasteiger partial charge in [0.2, 0.25) is 5.95 Å². The molecule has 1 aromatic carbocycles. The summed E-state index contributed by atoms with van der Waals surface area (Å²) in [5.74, 6) is 3.38. The fourth-order valence-corrected chi connectivity index (χ4v) is 5.33. The SMILES string of the molecule is CN(C)c1nc(N[C@H]2CC[C@@H](NC(=S)Nc3ccc4c(c3)OCCO4)CC2)nc2c1CCCC2. The Morgan fingerprint density at radius 2 is 1.71 bits per heavy atom. The molecule has 1 aromatic heterocycles. The van der Waals surface area contributed by atoms with Crippen molar-refractivity contribution in [3.05, 3.63) is 29.5 Å². The van der Waals surface area contributed by atoms with Crippen molar-refractivity contribution >= 4 is 34.8 Å². The maximum absolute atomic E-state index is 5.66. The summed E-state index contributed by atoms with van der Waals surface area (Å²) in [4.78, 5) is 11.9. The fraction of sp³-hybridized carbons (Fsp3) is 0.560. The summed E-state index contributed by atoms with van der Waals surface area (Å²) in [5.41, 5.74) is 3.45. The number of fused-ring (bicyclic) bond motifs is 2. The number of hydrogen-bond acceptors (Lipinski definition) is 7. The van der Waals surface area contributed by atoms with Crippen LogP contribution in [0.2, 0.25) is 0 Å². The van der Waals surface area contributed by atoms with Crippen molar-refractivity contribution in [2.75, 3.05) is 42.8 Å². The maximum atomic E-state index is 5.66. The first-order valence-electron chi connectivity index (χ1n) is 12.4. The molecular formula is C25H34N6O2S. The van der Waals surface area contributed by atoms with Crippen molar-refractivity contribution in [2.45, 2.75) is 63.5 Å². The molecule has 2 heterocycles. The molecule has 1 fully saturated rings. The number of aryl methyl sites for hydroxylation is 1. The van der Waals surface area contributed by atoms with Crippen molar-refractivity contribution in [1.29, 1.82) is 0 Å². The van der Waals surface area contributed by atoms with Crippen LogP contribution in [0.4, 0.5) is 17.5 Å². The van der Waals surface area contributed by atoms with Crippen LogP contribution in [0.3, 0.4) is 0 Å². The Balaban J connectivity index is 1.13. The third-order valence-electron chi connectivity index (χ3n) is 6.78. The van der Waals surface area contributed by atoms with Gasteiger partial charge in [-0.2, -0.15) is 4.98 Å². The van der Waals surface area contributed by atoms with Crippen LogP contribution in [0.15, 0.2) is 18.2 Å². The first-order chi connectivity index (χ1) is 16.5. The lowest BCUT2D eigenvalue weighted by molar-refractivity contribution is 0.171. The minimum atomic E-state index is 0.358. The molecule has 0 amide bonds. The van der Waals surface area contributed by atoms with Crippen LogP contribution in [0.5, 0.6) is 11.5 Å². The number of rotatable bonds is 5. The van der Waals surface area contributed by atoms with E-state index in [9.17, 15) is 0 Å². The molecule has 3 aliphatic rings. The normalized spacial score (nSPS) is 21.2. The minimum Gasteiger partial charge on any atom is -0.486 e. The molecule has 0 unspecified atom stereocenters. The van der Waals surface area contributed by atoms with Gasteiger partial charge >= 0.3 is 0 Å². The summed E-state index contributed by atoms with van der Waals surface area (Å²) in [6, 6.07) is 6.55. The van der Waals surface area contributed by atoms with Crippen LogP contribution >= 0.6 is 12.2 Å². The van der Waals surface area contributed by atoms with Gasteiger partial charge < -0.3 is 30.3 Å². The molecule has 0 saturated heterocycles. The lowest BCUT2D eigenvalue weighted by Crippen LogP contribution is -2.42. The molecule has 8 nitrogen and oxygen atoms in total. The first-order valence-corrected chi connectivity index (χ1v) is 12.8. The standard InChI is InChI=1S/C25H34N6O2S/c1-31(2)23-19-5-3-4-6-20(19)29-24(30-23)26-16-7-9-17(10-8-16)27-25(34)28-18-11-12-21-22(15-18)33-14-13-32-21/h11-12,15-17H,3-10,13-14H2,1-2H3,(H,26,29,30)(H2,27,28,34)/t16-,17+. The molecule has 2 aliphatic carbocycles. The molecule has 0 atom stereocenters. The van der Waals surface area contributed by atoms with E-state index in [4.69, 9.17) is 31.7 Å². The van der Waals surface area contributed by atoms with E-state index >= 15 is 0 Å². The Hall–Kier alpha value is -2.81. The molecule has 0 bridgehead atoms. The van der Waals surface area contributed by atoms with Gasteiger partial charge in [-0.05, 0) is 75.7 Å². The van der Waals surface area contributed by atoms with Crippen LogP contribution in [0.1, 0.15) is 49.8 Å². The summed E-state index contributed by atoms with van der Waals surface area (Å²) in [7, 11) is 4.14. The quantitative estimate of drug-likeness (QED) is 0.550. The van der Waals surface area contributed by atoms with Crippen molar-refractivity contribution < 1.29 is 9.47 Å². The van der Waals surface area contributed by atoms with E-state index in [0.717, 1.165) is 67.5 Å². The van der Waals surface area contributed by atoms with Crippen LogP contribution in [0.25, 0.3) is 0 Å². The largest absolute Gasteiger partial charge is 0.486 e. The van der Waals surface area contributed by atoms with Crippen molar-refractivity contribution in [3.8, 4) is 11.5 Å². The number of aromatic nitrogens is 2. The van der Waals surface area contributed by atoms with Crippen LogP contribution in [0, 0.1) is 0 Å². The highest BCUT2D eigenvalue weighted by Crippen LogP contribution is 2.33. The molecule has 182 valence electrons. The minimum absolute atomic E-state index is 0.358. The second kappa shape index (κ2) is 10.2. The zero-order valence-electron chi connectivity index (χ0n) is 20.0. The Kier molecular flexibility index (Phi) is 6.89. The van der Waals surface area contributed by atoms with Crippen LogP contribution in [-0.4, -0.2) is 54.5 Å². The predicted molar refractivity (Wildman–Crippen MR) is 139 cm³/mol. The van der Waals surface area contributed by atoms with E-state index in [2.05, 4.69) is 34.9 Å². The zero-order valence-corrected chi connectivity index (χ0v) is 20.8. The third kappa shape index (κ3) is 5.29. The first kappa shape index (κ1) is 23.0. The second-order valence-corrected chi connectivity index (χ2v) is 9.96. The predicted octanol–water partition coefficient (Wildman–Crippen LogP) is 3.90. The van der Waals surface area contributed by atoms with Crippen molar-refractivity contribution in [2.24, 2.45) is 0 Å². The number of ether oxygens (including phenoxy) is 2. The monoisotopic (exact) mass is 482 g/mol. The van der Waals surface area contributed by atoms with E-state index in [1.165, 1.54) is 24.1 Å². The Bertz CT molecular complexity index is 1040. The Labute approximate surface area is 206 Å². The molecule has 34 heavy (non-hydrogen) atoms. The van der Waals surface area contributed by atoms with Gasteiger partial charge in [-0.15, -0.1) is 0 Å².